The Kier molecular flexibility index (Phi) is 5.74. The molecule has 0 saturated carbocycles. The second-order valence-corrected chi connectivity index (χ2v) is 9.72. The Labute approximate surface area is 157 Å². The van der Waals surface area contributed by atoms with Crippen LogP contribution in [-0.2, 0) is 27.8 Å². The van der Waals surface area contributed by atoms with Crippen molar-refractivity contribution < 1.29 is 17.6 Å². The fourth-order valence-corrected chi connectivity index (χ4v) is 5.95. The molecule has 0 bridgehead atoms. The van der Waals surface area contributed by atoms with Crippen molar-refractivity contribution in [3.63, 3.8) is 0 Å². The molecule has 1 aromatic heterocycles. The maximum absolute atomic E-state index is 13.2. The first-order valence-corrected chi connectivity index (χ1v) is 10.7. The van der Waals surface area contributed by atoms with Crippen LogP contribution < -0.4 is 0 Å². The molecule has 0 radical (unpaired) electrons. The van der Waals surface area contributed by atoms with Crippen molar-refractivity contribution in [1.29, 1.82) is 0 Å². The number of rotatable bonds is 6. The van der Waals surface area contributed by atoms with Crippen LogP contribution in [0.3, 0.4) is 0 Å². The largest absolute Gasteiger partial charge is 0.341 e. The van der Waals surface area contributed by atoms with E-state index in [0.717, 1.165) is 24.2 Å². The van der Waals surface area contributed by atoms with Gasteiger partial charge in [0, 0.05) is 31.6 Å². The average molecular weight is 397 g/mol. The van der Waals surface area contributed by atoms with Crippen molar-refractivity contribution in [2.75, 3.05) is 20.1 Å². The van der Waals surface area contributed by atoms with E-state index in [4.69, 9.17) is 0 Å². The number of halogens is 1. The maximum Gasteiger partial charge on any atom is 0.252 e. The lowest BCUT2D eigenvalue weighted by Crippen LogP contribution is -2.27. The zero-order valence-electron chi connectivity index (χ0n) is 14.5. The number of sulfonamides is 1. The lowest BCUT2D eigenvalue weighted by Gasteiger charge is -2.17. The van der Waals surface area contributed by atoms with Gasteiger partial charge in [-0.15, -0.1) is 11.3 Å². The van der Waals surface area contributed by atoms with Crippen molar-refractivity contribution in [3.05, 3.63) is 52.7 Å². The second kappa shape index (κ2) is 7.85. The summed E-state index contributed by atoms with van der Waals surface area (Å²) in [5.74, 6) is -0.473. The highest BCUT2D eigenvalue weighted by molar-refractivity contribution is 7.91. The monoisotopic (exact) mass is 396 g/mol. The molecule has 0 unspecified atom stereocenters. The topological polar surface area (TPSA) is 57.7 Å². The molecule has 1 saturated heterocycles. The smallest absolute Gasteiger partial charge is 0.252 e. The molecule has 0 aliphatic carbocycles. The molecule has 26 heavy (non-hydrogen) atoms. The first kappa shape index (κ1) is 19.0. The number of hydrogen-bond donors (Lipinski definition) is 0. The summed E-state index contributed by atoms with van der Waals surface area (Å²) in [6, 6.07) is 9.40. The predicted octanol–water partition coefficient (Wildman–Crippen LogP) is 2.87. The van der Waals surface area contributed by atoms with Gasteiger partial charge in [-0.3, -0.25) is 4.79 Å². The van der Waals surface area contributed by atoms with Gasteiger partial charge in [-0.25, -0.2) is 12.8 Å². The number of carbonyl (C=O) groups is 1. The number of hydrogen-bond acceptors (Lipinski definition) is 4. The molecule has 1 amide bonds. The van der Waals surface area contributed by atoms with Gasteiger partial charge in [-0.2, -0.15) is 4.31 Å². The zero-order chi connectivity index (χ0) is 18.7. The first-order chi connectivity index (χ1) is 12.4. The standard InChI is InChI=1S/C18H21FN2O3S2/c1-20(13-14-5-4-6-15(19)11-14)17(22)12-16-7-8-18(25-16)26(23,24)21-9-2-3-10-21/h4-8,11H,2-3,9-10,12-13H2,1H3. The van der Waals surface area contributed by atoms with Gasteiger partial charge in [-0.05, 0) is 42.7 Å². The molecule has 0 atom stereocenters. The highest BCUT2D eigenvalue weighted by Crippen LogP contribution is 2.27. The Balaban J connectivity index is 1.64. The van der Waals surface area contributed by atoms with Gasteiger partial charge in [0.15, 0.2) is 0 Å². The van der Waals surface area contributed by atoms with E-state index in [2.05, 4.69) is 0 Å². The Morgan fingerprint density at radius 1 is 1.23 bits per heavy atom. The molecule has 1 aliphatic heterocycles. The fraction of sp³-hybridized carbons (Fsp3) is 0.389. The highest BCUT2D eigenvalue weighted by Gasteiger charge is 2.28. The van der Waals surface area contributed by atoms with E-state index in [0.29, 0.717) is 30.1 Å². The molecule has 0 spiro atoms. The third kappa shape index (κ3) is 4.31. The minimum atomic E-state index is -3.44. The molecule has 1 aliphatic rings. The van der Waals surface area contributed by atoms with E-state index < -0.39 is 10.0 Å². The zero-order valence-corrected chi connectivity index (χ0v) is 16.2. The molecule has 1 aromatic carbocycles. The molecule has 1 fully saturated rings. The molecular weight excluding hydrogens is 375 g/mol. The molecule has 2 heterocycles. The summed E-state index contributed by atoms with van der Waals surface area (Å²) in [6.45, 7) is 1.43. The maximum atomic E-state index is 13.2. The number of nitrogens with zero attached hydrogens (tertiary/aromatic N) is 2. The third-order valence-corrected chi connectivity index (χ3v) is 7.81. The first-order valence-electron chi connectivity index (χ1n) is 8.43. The summed E-state index contributed by atoms with van der Waals surface area (Å²) in [5.41, 5.74) is 0.712. The Hall–Kier alpha value is -1.77. The molecular formula is C18H21FN2O3S2. The summed E-state index contributed by atoms with van der Waals surface area (Å²) in [6.07, 6.45) is 1.91. The van der Waals surface area contributed by atoms with Crippen molar-refractivity contribution >= 4 is 27.3 Å². The van der Waals surface area contributed by atoms with Gasteiger partial charge in [0.1, 0.15) is 10.0 Å². The fourth-order valence-electron chi connectivity index (χ4n) is 2.93. The summed E-state index contributed by atoms with van der Waals surface area (Å²) in [7, 11) is -1.79. The number of benzene rings is 1. The number of thiophene rings is 1. The van der Waals surface area contributed by atoms with E-state index in [1.807, 2.05) is 0 Å². The van der Waals surface area contributed by atoms with Gasteiger partial charge in [0.2, 0.25) is 5.91 Å². The van der Waals surface area contributed by atoms with Gasteiger partial charge < -0.3 is 4.90 Å². The van der Waals surface area contributed by atoms with E-state index >= 15 is 0 Å². The summed E-state index contributed by atoms with van der Waals surface area (Å²) in [4.78, 5) is 14.6. The van der Waals surface area contributed by atoms with Gasteiger partial charge in [0.25, 0.3) is 10.0 Å². The van der Waals surface area contributed by atoms with Gasteiger partial charge in [-0.1, -0.05) is 12.1 Å². The third-order valence-electron chi connectivity index (χ3n) is 4.36. The Morgan fingerprint density at radius 2 is 1.96 bits per heavy atom. The summed E-state index contributed by atoms with van der Waals surface area (Å²) >= 11 is 1.14. The minimum Gasteiger partial charge on any atom is -0.341 e. The lowest BCUT2D eigenvalue weighted by atomic mass is 10.2. The lowest BCUT2D eigenvalue weighted by molar-refractivity contribution is -0.129. The van der Waals surface area contributed by atoms with Crippen LogP contribution in [0.25, 0.3) is 0 Å². The molecule has 140 valence electrons. The normalized spacial score (nSPS) is 15.3. The minimum absolute atomic E-state index is 0.131. The second-order valence-electron chi connectivity index (χ2n) is 6.39. The average Bonchev–Trinajstić information content (AvgIpc) is 3.27. The van der Waals surface area contributed by atoms with Gasteiger partial charge in [0.05, 0.1) is 6.42 Å². The Morgan fingerprint density at radius 3 is 2.65 bits per heavy atom. The van der Waals surface area contributed by atoms with Crippen LogP contribution in [0.4, 0.5) is 4.39 Å². The van der Waals surface area contributed by atoms with Crippen LogP contribution in [0.1, 0.15) is 23.3 Å². The summed E-state index contributed by atoms with van der Waals surface area (Å²) in [5, 5.41) is 0. The van der Waals surface area contributed by atoms with Crippen molar-refractivity contribution in [2.45, 2.75) is 30.0 Å². The highest BCUT2D eigenvalue weighted by atomic mass is 32.2. The quantitative estimate of drug-likeness (QED) is 0.754. The van der Waals surface area contributed by atoms with E-state index in [-0.39, 0.29) is 22.4 Å². The summed E-state index contributed by atoms with van der Waals surface area (Å²) < 4.78 is 40.1. The van der Waals surface area contributed by atoms with E-state index in [9.17, 15) is 17.6 Å². The molecule has 5 nitrogen and oxygen atoms in total. The molecule has 3 rings (SSSR count). The number of carbonyl (C=O) groups excluding carboxylic acids is 1. The van der Waals surface area contributed by atoms with Crippen LogP contribution in [0.15, 0.2) is 40.6 Å². The van der Waals surface area contributed by atoms with Gasteiger partial charge >= 0.3 is 0 Å². The van der Waals surface area contributed by atoms with Crippen LogP contribution in [-0.4, -0.2) is 43.7 Å². The molecule has 8 heteroatoms. The molecule has 2 aromatic rings. The van der Waals surface area contributed by atoms with E-state index in [1.165, 1.54) is 21.3 Å². The van der Waals surface area contributed by atoms with Crippen LogP contribution >= 0.6 is 11.3 Å². The van der Waals surface area contributed by atoms with E-state index in [1.54, 1.807) is 31.3 Å². The number of amides is 1. The SMILES string of the molecule is CN(Cc1cccc(F)c1)C(=O)Cc1ccc(S(=O)(=O)N2CCCC2)s1. The van der Waals surface area contributed by atoms with Crippen LogP contribution in [0.5, 0.6) is 0 Å². The Bertz CT molecular complexity index is 889. The van der Waals surface area contributed by atoms with Crippen LogP contribution in [0.2, 0.25) is 0 Å². The van der Waals surface area contributed by atoms with Crippen LogP contribution in [0, 0.1) is 5.82 Å². The molecule has 0 N–H and O–H groups in total. The number of likely N-dealkylation sites (N-methyl/N-ethyl adjacent to an activating group) is 1. The van der Waals surface area contributed by atoms with Crippen molar-refractivity contribution in [2.24, 2.45) is 0 Å². The van der Waals surface area contributed by atoms with Crippen molar-refractivity contribution in [1.82, 2.24) is 9.21 Å². The predicted molar refractivity (Wildman–Crippen MR) is 98.9 cm³/mol. The van der Waals surface area contributed by atoms with Crippen molar-refractivity contribution in [3.8, 4) is 0 Å².